The molecule has 2 rings (SSSR count). The molecule has 3 heteroatoms. The average Bonchev–Trinajstić information content (AvgIpc) is 2.47. The summed E-state index contributed by atoms with van der Waals surface area (Å²) < 4.78 is 10.8. The van der Waals surface area contributed by atoms with Gasteiger partial charge in [-0.1, -0.05) is 13.3 Å². The Morgan fingerprint density at radius 2 is 1.84 bits per heavy atom. The first-order valence-electron chi connectivity index (χ1n) is 7.22. The molecular weight excluding hydrogens is 238 g/mol. The number of ether oxygens (including phenoxy) is 2. The molecule has 2 atom stereocenters. The van der Waals surface area contributed by atoms with E-state index in [2.05, 4.69) is 24.4 Å². The summed E-state index contributed by atoms with van der Waals surface area (Å²) in [5.74, 6) is 3.12. The zero-order valence-corrected chi connectivity index (χ0v) is 12.2. The zero-order valence-electron chi connectivity index (χ0n) is 12.2. The molecule has 0 aliphatic carbocycles. The van der Waals surface area contributed by atoms with Crippen molar-refractivity contribution >= 4 is 0 Å². The predicted octanol–water partition coefficient (Wildman–Crippen LogP) is 3.20. The van der Waals surface area contributed by atoms with E-state index in [-0.39, 0.29) is 0 Å². The minimum atomic E-state index is 0.616. The lowest BCUT2D eigenvalue weighted by Gasteiger charge is -2.32. The fourth-order valence-electron chi connectivity index (χ4n) is 3.08. The Balaban J connectivity index is 2.26. The second kappa shape index (κ2) is 6.80. The molecule has 1 aromatic carbocycles. The van der Waals surface area contributed by atoms with Crippen molar-refractivity contribution in [2.75, 3.05) is 27.3 Å². The second-order valence-corrected chi connectivity index (χ2v) is 5.29. The van der Waals surface area contributed by atoms with Gasteiger partial charge < -0.3 is 14.8 Å². The molecule has 1 N–H and O–H groups in total. The van der Waals surface area contributed by atoms with Crippen LogP contribution in [0, 0.1) is 5.92 Å². The summed E-state index contributed by atoms with van der Waals surface area (Å²) in [5.41, 5.74) is 1.36. The third-order valence-electron chi connectivity index (χ3n) is 4.07. The second-order valence-electron chi connectivity index (χ2n) is 5.29. The zero-order chi connectivity index (χ0) is 13.7. The lowest BCUT2D eigenvalue weighted by atomic mass is 9.79. The topological polar surface area (TPSA) is 30.5 Å². The average molecular weight is 263 g/mol. The Bertz CT molecular complexity index is 381. The van der Waals surface area contributed by atoms with Crippen LogP contribution in [0.2, 0.25) is 0 Å². The molecule has 1 aliphatic rings. The van der Waals surface area contributed by atoms with Crippen molar-refractivity contribution in [2.24, 2.45) is 5.92 Å². The van der Waals surface area contributed by atoms with Crippen LogP contribution in [-0.4, -0.2) is 27.3 Å². The van der Waals surface area contributed by atoms with E-state index in [0.717, 1.165) is 30.5 Å². The van der Waals surface area contributed by atoms with Crippen molar-refractivity contribution in [1.29, 1.82) is 0 Å². The monoisotopic (exact) mass is 263 g/mol. The van der Waals surface area contributed by atoms with Crippen molar-refractivity contribution in [1.82, 2.24) is 5.32 Å². The van der Waals surface area contributed by atoms with E-state index < -0.39 is 0 Å². The highest BCUT2D eigenvalue weighted by atomic mass is 16.5. The third-order valence-corrected chi connectivity index (χ3v) is 4.07. The standard InChI is InChI=1S/C16H25NO2/c1-4-5-12-11-17-7-6-16(12)13-8-14(18-2)10-15(9-13)19-3/h8-10,12,16-17H,4-7,11H2,1-3H3. The molecule has 0 amide bonds. The van der Waals surface area contributed by atoms with Crippen molar-refractivity contribution in [3.8, 4) is 11.5 Å². The summed E-state index contributed by atoms with van der Waals surface area (Å²) >= 11 is 0. The van der Waals surface area contributed by atoms with Crippen LogP contribution in [-0.2, 0) is 0 Å². The van der Waals surface area contributed by atoms with Gasteiger partial charge in [0.25, 0.3) is 0 Å². The quantitative estimate of drug-likeness (QED) is 0.885. The van der Waals surface area contributed by atoms with E-state index in [9.17, 15) is 0 Å². The van der Waals surface area contributed by atoms with E-state index in [1.807, 2.05) is 6.07 Å². The van der Waals surface area contributed by atoms with Gasteiger partial charge in [-0.3, -0.25) is 0 Å². The lowest BCUT2D eigenvalue weighted by Crippen LogP contribution is -2.35. The highest BCUT2D eigenvalue weighted by Gasteiger charge is 2.26. The normalized spacial score (nSPS) is 23.1. The summed E-state index contributed by atoms with van der Waals surface area (Å²) in [6, 6.07) is 6.28. The van der Waals surface area contributed by atoms with Gasteiger partial charge in [-0.05, 0) is 55.5 Å². The van der Waals surface area contributed by atoms with Crippen LogP contribution >= 0.6 is 0 Å². The number of piperidine rings is 1. The first-order valence-corrected chi connectivity index (χ1v) is 7.22. The molecule has 0 bridgehead atoms. The fraction of sp³-hybridized carbons (Fsp3) is 0.625. The summed E-state index contributed by atoms with van der Waals surface area (Å²) in [4.78, 5) is 0. The van der Waals surface area contributed by atoms with E-state index in [4.69, 9.17) is 9.47 Å². The Morgan fingerprint density at radius 3 is 2.42 bits per heavy atom. The summed E-state index contributed by atoms with van der Waals surface area (Å²) in [5, 5.41) is 3.51. The Hall–Kier alpha value is -1.22. The van der Waals surface area contributed by atoms with Crippen molar-refractivity contribution in [3.05, 3.63) is 23.8 Å². The molecular formula is C16H25NO2. The summed E-state index contributed by atoms with van der Waals surface area (Å²) in [6.45, 7) is 4.49. The van der Waals surface area contributed by atoms with Crippen LogP contribution in [0.5, 0.6) is 11.5 Å². The Kier molecular flexibility index (Phi) is 5.08. The largest absolute Gasteiger partial charge is 0.497 e. The van der Waals surface area contributed by atoms with Gasteiger partial charge in [0.15, 0.2) is 0 Å². The van der Waals surface area contributed by atoms with E-state index >= 15 is 0 Å². The lowest BCUT2D eigenvalue weighted by molar-refractivity contribution is 0.304. The van der Waals surface area contributed by atoms with Crippen LogP contribution in [0.1, 0.15) is 37.7 Å². The van der Waals surface area contributed by atoms with Gasteiger partial charge in [0, 0.05) is 6.07 Å². The first-order chi connectivity index (χ1) is 9.28. The molecule has 2 unspecified atom stereocenters. The van der Waals surface area contributed by atoms with Crippen LogP contribution in [0.25, 0.3) is 0 Å². The molecule has 1 fully saturated rings. The van der Waals surface area contributed by atoms with Gasteiger partial charge in [0.2, 0.25) is 0 Å². The van der Waals surface area contributed by atoms with Gasteiger partial charge in [-0.2, -0.15) is 0 Å². The molecule has 0 aromatic heterocycles. The molecule has 1 heterocycles. The van der Waals surface area contributed by atoms with Gasteiger partial charge in [0.1, 0.15) is 11.5 Å². The molecule has 0 spiro atoms. The van der Waals surface area contributed by atoms with Crippen molar-refractivity contribution < 1.29 is 9.47 Å². The Labute approximate surface area is 116 Å². The van der Waals surface area contributed by atoms with Crippen molar-refractivity contribution in [2.45, 2.75) is 32.1 Å². The van der Waals surface area contributed by atoms with Crippen LogP contribution < -0.4 is 14.8 Å². The van der Waals surface area contributed by atoms with Crippen LogP contribution in [0.4, 0.5) is 0 Å². The molecule has 0 saturated carbocycles. The number of rotatable bonds is 5. The minimum absolute atomic E-state index is 0.616. The number of hydrogen-bond acceptors (Lipinski definition) is 3. The smallest absolute Gasteiger partial charge is 0.122 e. The van der Waals surface area contributed by atoms with E-state index in [0.29, 0.717) is 5.92 Å². The molecule has 3 nitrogen and oxygen atoms in total. The van der Waals surface area contributed by atoms with Gasteiger partial charge in [0.05, 0.1) is 14.2 Å². The molecule has 106 valence electrons. The van der Waals surface area contributed by atoms with Gasteiger partial charge in [-0.15, -0.1) is 0 Å². The van der Waals surface area contributed by atoms with Crippen LogP contribution in [0.15, 0.2) is 18.2 Å². The predicted molar refractivity (Wildman–Crippen MR) is 78.2 cm³/mol. The number of methoxy groups -OCH3 is 2. The molecule has 0 radical (unpaired) electrons. The maximum atomic E-state index is 5.39. The minimum Gasteiger partial charge on any atom is -0.497 e. The molecule has 19 heavy (non-hydrogen) atoms. The maximum absolute atomic E-state index is 5.39. The number of hydrogen-bond donors (Lipinski definition) is 1. The maximum Gasteiger partial charge on any atom is 0.122 e. The summed E-state index contributed by atoms with van der Waals surface area (Å²) in [6.07, 6.45) is 3.71. The molecule has 1 aromatic rings. The van der Waals surface area contributed by atoms with Gasteiger partial charge >= 0.3 is 0 Å². The molecule has 1 aliphatic heterocycles. The van der Waals surface area contributed by atoms with Gasteiger partial charge in [-0.25, -0.2) is 0 Å². The third kappa shape index (κ3) is 3.41. The number of nitrogens with one attached hydrogen (secondary N) is 1. The highest BCUT2D eigenvalue weighted by molar-refractivity contribution is 5.40. The Morgan fingerprint density at radius 1 is 1.16 bits per heavy atom. The van der Waals surface area contributed by atoms with E-state index in [1.165, 1.54) is 24.8 Å². The SMILES string of the molecule is CCCC1CNCCC1c1cc(OC)cc(OC)c1. The van der Waals surface area contributed by atoms with Crippen LogP contribution in [0.3, 0.4) is 0 Å². The van der Waals surface area contributed by atoms with E-state index in [1.54, 1.807) is 14.2 Å². The molecule has 1 saturated heterocycles. The van der Waals surface area contributed by atoms with Crippen molar-refractivity contribution in [3.63, 3.8) is 0 Å². The summed E-state index contributed by atoms with van der Waals surface area (Å²) in [7, 11) is 3.43. The number of benzene rings is 1. The fourth-order valence-corrected chi connectivity index (χ4v) is 3.08. The first kappa shape index (κ1) is 14.2. The highest BCUT2D eigenvalue weighted by Crippen LogP contribution is 2.36.